The third-order valence-corrected chi connectivity index (χ3v) is 6.61. The Morgan fingerprint density at radius 3 is 2.35 bits per heavy atom. The molecule has 186 valence electrons. The number of carbonyl (C=O) groups excluding carboxylic acids is 1. The fourth-order valence-electron chi connectivity index (χ4n) is 4.35. The molecule has 5 nitrogen and oxygen atoms in total. The second-order valence-electron chi connectivity index (χ2n) is 9.38. The zero-order valence-corrected chi connectivity index (χ0v) is 21.2. The third kappa shape index (κ3) is 5.78. The molecule has 0 amide bonds. The summed E-state index contributed by atoms with van der Waals surface area (Å²) in [6.45, 7) is 4.29. The number of ketones is 1. The van der Waals surface area contributed by atoms with Crippen molar-refractivity contribution in [3.05, 3.63) is 102 Å². The van der Waals surface area contributed by atoms with Gasteiger partial charge in [0.2, 0.25) is 11.7 Å². The van der Waals surface area contributed by atoms with Gasteiger partial charge in [-0.3, -0.25) is 4.79 Å². The number of benzene rings is 4. The minimum atomic E-state index is -0.0591. The SMILES string of the molecule is CCCCC(C)c1nc(-c2ccc3cc(OCC(=O)c4ccc(-c5ccccc5)cc4)ccc3c2)no1. The van der Waals surface area contributed by atoms with Crippen molar-refractivity contribution in [3.63, 3.8) is 0 Å². The highest BCUT2D eigenvalue weighted by atomic mass is 16.5. The highest BCUT2D eigenvalue weighted by Gasteiger charge is 2.15. The van der Waals surface area contributed by atoms with Crippen molar-refractivity contribution in [1.82, 2.24) is 10.1 Å². The van der Waals surface area contributed by atoms with Gasteiger partial charge in [-0.15, -0.1) is 0 Å². The summed E-state index contributed by atoms with van der Waals surface area (Å²) in [7, 11) is 0. The summed E-state index contributed by atoms with van der Waals surface area (Å²) < 4.78 is 11.3. The molecule has 0 aliphatic heterocycles. The molecular weight excluding hydrogens is 460 g/mol. The van der Waals surface area contributed by atoms with Crippen LogP contribution in [0.2, 0.25) is 0 Å². The van der Waals surface area contributed by atoms with Crippen molar-refractivity contribution in [1.29, 1.82) is 0 Å². The summed E-state index contributed by atoms with van der Waals surface area (Å²) in [6.07, 6.45) is 3.34. The molecule has 0 fully saturated rings. The first-order valence-corrected chi connectivity index (χ1v) is 12.8. The zero-order chi connectivity index (χ0) is 25.6. The molecule has 1 heterocycles. The van der Waals surface area contributed by atoms with Gasteiger partial charge in [0.25, 0.3) is 0 Å². The maximum Gasteiger partial charge on any atom is 0.229 e. The molecule has 1 atom stereocenters. The van der Waals surface area contributed by atoms with Crippen LogP contribution >= 0.6 is 0 Å². The van der Waals surface area contributed by atoms with Crippen molar-refractivity contribution < 1.29 is 14.1 Å². The largest absolute Gasteiger partial charge is 0.485 e. The number of carbonyl (C=O) groups is 1. The fourth-order valence-corrected chi connectivity index (χ4v) is 4.35. The van der Waals surface area contributed by atoms with E-state index in [2.05, 4.69) is 36.1 Å². The maximum absolute atomic E-state index is 12.7. The quantitative estimate of drug-likeness (QED) is 0.185. The lowest BCUT2D eigenvalue weighted by molar-refractivity contribution is 0.0921. The summed E-state index contributed by atoms with van der Waals surface area (Å²) in [5.74, 6) is 2.14. The van der Waals surface area contributed by atoms with Crippen LogP contribution in [0.15, 0.2) is 95.5 Å². The smallest absolute Gasteiger partial charge is 0.229 e. The van der Waals surface area contributed by atoms with E-state index in [9.17, 15) is 4.79 Å². The molecule has 5 aromatic rings. The average Bonchev–Trinajstić information content (AvgIpc) is 3.45. The number of hydrogen-bond acceptors (Lipinski definition) is 5. The van der Waals surface area contributed by atoms with Gasteiger partial charge in [0, 0.05) is 17.0 Å². The van der Waals surface area contributed by atoms with Crippen molar-refractivity contribution >= 4 is 16.6 Å². The van der Waals surface area contributed by atoms with Gasteiger partial charge in [-0.1, -0.05) is 105 Å². The number of ether oxygens (including phenoxy) is 1. The molecule has 0 bridgehead atoms. The first-order chi connectivity index (χ1) is 18.1. The van der Waals surface area contributed by atoms with Crippen molar-refractivity contribution in [3.8, 4) is 28.3 Å². The van der Waals surface area contributed by atoms with E-state index in [1.54, 1.807) is 0 Å². The van der Waals surface area contributed by atoms with E-state index in [-0.39, 0.29) is 18.3 Å². The van der Waals surface area contributed by atoms with Crippen LogP contribution in [0.3, 0.4) is 0 Å². The monoisotopic (exact) mass is 490 g/mol. The van der Waals surface area contributed by atoms with Gasteiger partial charge >= 0.3 is 0 Å². The molecular formula is C32H30N2O3. The highest BCUT2D eigenvalue weighted by molar-refractivity contribution is 5.97. The van der Waals surface area contributed by atoms with Crippen LogP contribution in [0, 0.1) is 0 Å². The Morgan fingerprint density at radius 1 is 0.865 bits per heavy atom. The lowest BCUT2D eigenvalue weighted by Crippen LogP contribution is -2.11. The Labute approximate surface area is 217 Å². The van der Waals surface area contributed by atoms with E-state index < -0.39 is 0 Å². The molecule has 0 saturated heterocycles. The molecule has 1 aromatic heterocycles. The van der Waals surface area contributed by atoms with E-state index in [1.165, 1.54) is 0 Å². The van der Waals surface area contributed by atoms with Gasteiger partial charge in [-0.2, -0.15) is 4.98 Å². The summed E-state index contributed by atoms with van der Waals surface area (Å²) in [5, 5.41) is 6.25. The Bertz CT molecular complexity index is 1490. The molecule has 0 aliphatic rings. The van der Waals surface area contributed by atoms with Crippen LogP contribution in [0.5, 0.6) is 5.75 Å². The Hall–Kier alpha value is -4.25. The molecule has 5 rings (SSSR count). The topological polar surface area (TPSA) is 65.2 Å². The van der Waals surface area contributed by atoms with Crippen LogP contribution in [-0.2, 0) is 0 Å². The summed E-state index contributed by atoms with van der Waals surface area (Å²) in [6, 6.07) is 29.6. The number of hydrogen-bond donors (Lipinski definition) is 0. The number of rotatable bonds is 10. The van der Waals surface area contributed by atoms with E-state index in [1.807, 2.05) is 78.9 Å². The average molecular weight is 491 g/mol. The lowest BCUT2D eigenvalue weighted by Gasteiger charge is -2.08. The minimum Gasteiger partial charge on any atom is -0.485 e. The Morgan fingerprint density at radius 2 is 1.57 bits per heavy atom. The van der Waals surface area contributed by atoms with Crippen molar-refractivity contribution in [2.24, 2.45) is 0 Å². The molecule has 0 aliphatic carbocycles. The predicted octanol–water partition coefficient (Wildman–Crippen LogP) is 8.11. The summed E-state index contributed by atoms with van der Waals surface area (Å²) >= 11 is 0. The first kappa shape index (κ1) is 24.4. The molecule has 0 N–H and O–H groups in total. The first-order valence-electron chi connectivity index (χ1n) is 12.8. The standard InChI is InChI=1S/C32H30N2O3/c1-3-4-8-22(2)32-33-31(34-37-32)28-16-15-27-20-29(18-17-26(27)19-28)36-21-30(35)25-13-11-24(12-14-25)23-9-6-5-7-10-23/h5-7,9-20,22H,3-4,8,21H2,1-2H3. The van der Waals surface area contributed by atoms with E-state index in [4.69, 9.17) is 9.26 Å². The molecule has 5 heteroatoms. The Kier molecular flexibility index (Phi) is 7.41. The van der Waals surface area contributed by atoms with Gasteiger partial charge in [-0.05, 0) is 46.5 Å². The van der Waals surface area contributed by atoms with E-state index in [0.29, 0.717) is 23.0 Å². The van der Waals surface area contributed by atoms with Crippen LogP contribution in [0.1, 0.15) is 55.3 Å². The minimum absolute atomic E-state index is 0.0177. The second kappa shape index (κ2) is 11.2. The molecule has 0 spiro atoms. The highest BCUT2D eigenvalue weighted by Crippen LogP contribution is 2.28. The van der Waals surface area contributed by atoms with E-state index >= 15 is 0 Å². The third-order valence-electron chi connectivity index (χ3n) is 6.61. The van der Waals surface area contributed by atoms with Crippen molar-refractivity contribution in [2.75, 3.05) is 6.61 Å². The molecule has 0 radical (unpaired) electrons. The number of nitrogens with zero attached hydrogens (tertiary/aromatic N) is 2. The summed E-state index contributed by atoms with van der Waals surface area (Å²) in [5.41, 5.74) is 3.75. The molecule has 0 saturated carbocycles. The van der Waals surface area contributed by atoms with Gasteiger partial charge in [0.05, 0.1) is 0 Å². The predicted molar refractivity (Wildman–Crippen MR) is 147 cm³/mol. The summed E-state index contributed by atoms with van der Waals surface area (Å²) in [4.78, 5) is 17.3. The molecule has 37 heavy (non-hydrogen) atoms. The van der Waals surface area contributed by atoms with Crippen LogP contribution < -0.4 is 4.74 Å². The van der Waals surface area contributed by atoms with Crippen molar-refractivity contribution in [2.45, 2.75) is 39.0 Å². The second-order valence-corrected chi connectivity index (χ2v) is 9.38. The van der Waals surface area contributed by atoms with Gasteiger partial charge in [-0.25, -0.2) is 0 Å². The molecule has 4 aromatic carbocycles. The van der Waals surface area contributed by atoms with Gasteiger partial charge in [0.15, 0.2) is 12.4 Å². The Balaban J connectivity index is 1.23. The zero-order valence-electron chi connectivity index (χ0n) is 21.2. The lowest BCUT2D eigenvalue weighted by atomic mass is 10.0. The van der Waals surface area contributed by atoms with Crippen LogP contribution in [-0.4, -0.2) is 22.5 Å². The van der Waals surface area contributed by atoms with Crippen LogP contribution in [0.4, 0.5) is 0 Å². The normalized spacial score (nSPS) is 11.9. The number of aromatic nitrogens is 2. The number of fused-ring (bicyclic) bond motifs is 1. The number of unbranched alkanes of at least 4 members (excludes halogenated alkanes) is 1. The maximum atomic E-state index is 12.7. The van der Waals surface area contributed by atoms with Gasteiger partial charge < -0.3 is 9.26 Å². The fraction of sp³-hybridized carbons (Fsp3) is 0.219. The molecule has 1 unspecified atom stereocenters. The van der Waals surface area contributed by atoms with E-state index in [0.717, 1.165) is 46.7 Å². The van der Waals surface area contributed by atoms with Gasteiger partial charge in [0.1, 0.15) is 5.75 Å². The number of Topliss-reactive ketones (excluding diaryl/α,β-unsaturated/α-hetero) is 1. The van der Waals surface area contributed by atoms with Crippen LogP contribution in [0.25, 0.3) is 33.3 Å².